The van der Waals surface area contributed by atoms with Crippen LogP contribution in [-0.2, 0) is 0 Å². The Hall–Kier alpha value is -1.65. The van der Waals surface area contributed by atoms with Crippen LogP contribution >= 0.6 is 0 Å². The molecule has 0 atom stereocenters. The van der Waals surface area contributed by atoms with Gasteiger partial charge in [0.25, 0.3) is 0 Å². The summed E-state index contributed by atoms with van der Waals surface area (Å²) in [7, 11) is 0. The molecule has 15 heavy (non-hydrogen) atoms. The first-order valence-electron chi connectivity index (χ1n) is 4.39. The summed E-state index contributed by atoms with van der Waals surface area (Å²) in [5.41, 5.74) is -1.53. The maximum Gasteiger partial charge on any atom is 0.339 e. The van der Waals surface area contributed by atoms with E-state index in [0.29, 0.717) is 0 Å². The van der Waals surface area contributed by atoms with Gasteiger partial charge in [0.1, 0.15) is 17.8 Å². The summed E-state index contributed by atoms with van der Waals surface area (Å²) in [4.78, 5) is 14.5. The quantitative estimate of drug-likeness (QED) is 0.829. The second kappa shape index (κ2) is 4.25. The van der Waals surface area contributed by atoms with E-state index in [2.05, 4.69) is 4.98 Å². The lowest BCUT2D eigenvalue weighted by molar-refractivity contribution is 0.0683. The number of aromatic carboxylic acids is 1. The predicted molar refractivity (Wildman–Crippen MR) is 51.9 cm³/mol. The van der Waals surface area contributed by atoms with Crippen molar-refractivity contribution in [2.75, 3.05) is 6.61 Å². The van der Waals surface area contributed by atoms with Crippen molar-refractivity contribution in [1.82, 2.24) is 4.98 Å². The van der Waals surface area contributed by atoms with Crippen molar-refractivity contribution in [2.24, 2.45) is 0 Å². The van der Waals surface area contributed by atoms with Gasteiger partial charge in [-0.2, -0.15) is 0 Å². The Labute approximate surface area is 86.7 Å². The Balaban J connectivity index is 2.81. The van der Waals surface area contributed by atoms with Crippen LogP contribution in [0, 0.1) is 0 Å². The van der Waals surface area contributed by atoms with Gasteiger partial charge < -0.3 is 9.84 Å². The van der Waals surface area contributed by atoms with Gasteiger partial charge in [0, 0.05) is 6.20 Å². The van der Waals surface area contributed by atoms with Crippen LogP contribution in [0.5, 0.6) is 5.75 Å². The summed E-state index contributed by atoms with van der Waals surface area (Å²) < 4.78 is 18.2. The predicted octanol–water partition coefficient (Wildman–Crippen LogP) is 1.91. The van der Waals surface area contributed by atoms with E-state index in [-0.39, 0.29) is 17.9 Å². The van der Waals surface area contributed by atoms with Gasteiger partial charge in [0.15, 0.2) is 5.75 Å². The van der Waals surface area contributed by atoms with E-state index in [4.69, 9.17) is 9.84 Å². The lowest BCUT2D eigenvalue weighted by Gasteiger charge is -2.15. The van der Waals surface area contributed by atoms with Crippen LogP contribution in [0.1, 0.15) is 24.2 Å². The second-order valence-electron chi connectivity index (χ2n) is 3.68. The molecule has 0 saturated heterocycles. The molecule has 0 radical (unpaired) electrons. The fraction of sp³-hybridized carbons (Fsp3) is 0.400. The third-order valence-corrected chi connectivity index (χ3v) is 1.59. The van der Waals surface area contributed by atoms with E-state index in [1.165, 1.54) is 32.3 Å². The van der Waals surface area contributed by atoms with Crippen LogP contribution in [0.15, 0.2) is 18.5 Å². The Morgan fingerprint density at radius 3 is 2.87 bits per heavy atom. The van der Waals surface area contributed by atoms with Crippen LogP contribution in [0.4, 0.5) is 4.39 Å². The zero-order valence-corrected chi connectivity index (χ0v) is 8.53. The Kier molecular flexibility index (Phi) is 3.24. The van der Waals surface area contributed by atoms with Crippen LogP contribution in [0.25, 0.3) is 0 Å². The number of pyridine rings is 1. The number of rotatable bonds is 4. The van der Waals surface area contributed by atoms with Gasteiger partial charge in [0.2, 0.25) is 0 Å². The normalized spacial score (nSPS) is 11.1. The van der Waals surface area contributed by atoms with Crippen molar-refractivity contribution in [1.29, 1.82) is 0 Å². The summed E-state index contributed by atoms with van der Waals surface area (Å²) in [6.45, 7) is 2.49. The third-order valence-electron chi connectivity index (χ3n) is 1.59. The number of alkyl halides is 1. The molecule has 1 rings (SSSR count). The molecular formula is C10H12FNO3. The molecule has 82 valence electrons. The fourth-order valence-electron chi connectivity index (χ4n) is 0.921. The Bertz CT molecular complexity index is 360. The summed E-state index contributed by atoms with van der Waals surface area (Å²) >= 11 is 0. The second-order valence-corrected chi connectivity index (χ2v) is 3.68. The summed E-state index contributed by atoms with van der Waals surface area (Å²) in [5, 5.41) is 8.79. The lowest BCUT2D eigenvalue weighted by Crippen LogP contribution is -2.23. The van der Waals surface area contributed by atoms with Crippen molar-refractivity contribution in [3.63, 3.8) is 0 Å². The molecule has 1 N–H and O–H groups in total. The minimum absolute atomic E-state index is 0.0192. The molecule has 5 heteroatoms. The molecule has 4 nitrogen and oxygen atoms in total. The van der Waals surface area contributed by atoms with Crippen molar-refractivity contribution in [3.05, 3.63) is 24.0 Å². The number of nitrogens with zero attached hydrogens (tertiary/aromatic N) is 1. The average molecular weight is 213 g/mol. The number of hydrogen-bond acceptors (Lipinski definition) is 3. The van der Waals surface area contributed by atoms with Gasteiger partial charge in [-0.25, -0.2) is 9.18 Å². The maximum absolute atomic E-state index is 13.1. The van der Waals surface area contributed by atoms with E-state index in [1.807, 2.05) is 0 Å². The van der Waals surface area contributed by atoms with Crippen LogP contribution < -0.4 is 4.74 Å². The highest BCUT2D eigenvalue weighted by Crippen LogP contribution is 2.18. The first kappa shape index (κ1) is 11.4. The fourth-order valence-corrected chi connectivity index (χ4v) is 0.921. The maximum atomic E-state index is 13.1. The molecule has 0 saturated carbocycles. The van der Waals surface area contributed by atoms with Gasteiger partial charge in [-0.1, -0.05) is 0 Å². The minimum atomic E-state index is -1.51. The van der Waals surface area contributed by atoms with Gasteiger partial charge in [-0.3, -0.25) is 4.98 Å². The van der Waals surface area contributed by atoms with Gasteiger partial charge >= 0.3 is 5.97 Å². The Morgan fingerprint density at radius 1 is 1.67 bits per heavy atom. The number of carboxylic acid groups (broad SMARTS) is 1. The zero-order chi connectivity index (χ0) is 11.5. The number of halogens is 1. The van der Waals surface area contributed by atoms with Crippen molar-refractivity contribution < 1.29 is 19.0 Å². The van der Waals surface area contributed by atoms with E-state index < -0.39 is 11.6 Å². The van der Waals surface area contributed by atoms with E-state index in [0.717, 1.165) is 0 Å². The molecule has 0 bridgehead atoms. The highest BCUT2D eigenvalue weighted by molar-refractivity contribution is 5.90. The molecule has 0 amide bonds. The molecule has 0 aromatic carbocycles. The molecule has 1 heterocycles. The SMILES string of the molecule is CC(C)(F)COc1cnccc1C(=O)O. The first-order chi connectivity index (χ1) is 6.90. The molecule has 0 aliphatic heterocycles. The van der Waals surface area contributed by atoms with Crippen molar-refractivity contribution >= 4 is 5.97 Å². The van der Waals surface area contributed by atoms with Crippen LogP contribution in [0.3, 0.4) is 0 Å². The number of aromatic nitrogens is 1. The Morgan fingerprint density at radius 2 is 2.33 bits per heavy atom. The molecule has 0 aliphatic carbocycles. The summed E-state index contributed by atoms with van der Waals surface area (Å²) in [6.07, 6.45) is 2.60. The topological polar surface area (TPSA) is 59.4 Å². The molecule has 0 spiro atoms. The number of carbonyl (C=O) groups is 1. The first-order valence-corrected chi connectivity index (χ1v) is 4.39. The standard InChI is InChI=1S/C10H12FNO3/c1-10(2,11)6-15-8-5-12-4-3-7(8)9(13)14/h3-5H,6H2,1-2H3,(H,13,14). The molecule has 0 aliphatic rings. The monoisotopic (exact) mass is 213 g/mol. The van der Waals surface area contributed by atoms with Gasteiger partial charge in [-0.15, -0.1) is 0 Å². The highest BCUT2D eigenvalue weighted by atomic mass is 19.1. The highest BCUT2D eigenvalue weighted by Gasteiger charge is 2.18. The number of carboxylic acids is 1. The van der Waals surface area contributed by atoms with Crippen molar-refractivity contribution in [2.45, 2.75) is 19.5 Å². The van der Waals surface area contributed by atoms with Crippen LogP contribution in [0.2, 0.25) is 0 Å². The molecule has 1 aromatic rings. The largest absolute Gasteiger partial charge is 0.488 e. The third kappa shape index (κ3) is 3.53. The van der Waals surface area contributed by atoms with Crippen molar-refractivity contribution in [3.8, 4) is 5.75 Å². The number of ether oxygens (including phenoxy) is 1. The lowest BCUT2D eigenvalue weighted by atomic mass is 10.2. The van der Waals surface area contributed by atoms with Gasteiger partial charge in [-0.05, 0) is 19.9 Å². The van der Waals surface area contributed by atoms with Gasteiger partial charge in [0.05, 0.1) is 6.20 Å². The zero-order valence-electron chi connectivity index (χ0n) is 8.53. The molecule has 0 fully saturated rings. The molecular weight excluding hydrogens is 201 g/mol. The van der Waals surface area contributed by atoms with E-state index in [1.54, 1.807) is 0 Å². The molecule has 0 unspecified atom stereocenters. The average Bonchev–Trinajstić information content (AvgIpc) is 2.14. The number of hydrogen-bond donors (Lipinski definition) is 1. The molecule has 1 aromatic heterocycles. The van der Waals surface area contributed by atoms with Crippen LogP contribution in [-0.4, -0.2) is 28.3 Å². The summed E-state index contributed by atoms with van der Waals surface area (Å²) in [5.74, 6) is -1.04. The summed E-state index contributed by atoms with van der Waals surface area (Å²) in [6, 6.07) is 1.31. The van der Waals surface area contributed by atoms with E-state index in [9.17, 15) is 9.18 Å². The van der Waals surface area contributed by atoms with E-state index >= 15 is 0 Å². The smallest absolute Gasteiger partial charge is 0.339 e. The minimum Gasteiger partial charge on any atom is -0.488 e.